The molecule has 0 unspecified atom stereocenters. The molecule has 4 nitrogen and oxygen atoms in total. The Morgan fingerprint density at radius 1 is 1.04 bits per heavy atom. The summed E-state index contributed by atoms with van der Waals surface area (Å²) >= 11 is 0. The number of piperazine rings is 1. The minimum absolute atomic E-state index is 0.126. The molecule has 1 amide bonds. The molecule has 3 rings (SSSR count). The number of likely N-dealkylation sites (N-methyl/N-ethyl adjacent to an activating group) is 1. The molecule has 138 valence electrons. The van der Waals surface area contributed by atoms with Crippen molar-refractivity contribution in [3.63, 3.8) is 0 Å². The first kappa shape index (κ1) is 18.4. The Bertz CT molecular complexity index is 582. The molecule has 2 aliphatic rings. The van der Waals surface area contributed by atoms with Crippen LogP contribution in [-0.2, 0) is 5.41 Å². The topological polar surface area (TPSA) is 26.8 Å². The van der Waals surface area contributed by atoms with Crippen LogP contribution in [0.5, 0.6) is 0 Å². The van der Waals surface area contributed by atoms with E-state index in [1.165, 1.54) is 5.56 Å². The van der Waals surface area contributed by atoms with Crippen LogP contribution in [0, 0.1) is 0 Å². The van der Waals surface area contributed by atoms with Gasteiger partial charge in [0.25, 0.3) is 5.91 Å². The van der Waals surface area contributed by atoms with E-state index in [0.29, 0.717) is 6.04 Å². The van der Waals surface area contributed by atoms with Gasteiger partial charge in [0.05, 0.1) is 0 Å². The average molecular weight is 344 g/mol. The molecule has 0 spiro atoms. The first-order chi connectivity index (χ1) is 11.9. The Hall–Kier alpha value is -1.39. The summed E-state index contributed by atoms with van der Waals surface area (Å²) in [5.74, 6) is 0.190. The summed E-state index contributed by atoms with van der Waals surface area (Å²) in [5.41, 5.74) is 2.22. The van der Waals surface area contributed by atoms with Crippen LogP contribution >= 0.6 is 0 Å². The first-order valence-corrected chi connectivity index (χ1v) is 9.74. The van der Waals surface area contributed by atoms with Gasteiger partial charge < -0.3 is 9.80 Å². The summed E-state index contributed by atoms with van der Waals surface area (Å²) in [6.07, 6.45) is 1.11. The average Bonchev–Trinajstić information content (AvgIpc) is 3.10. The Morgan fingerprint density at radius 2 is 1.68 bits per heavy atom. The Labute approximate surface area is 152 Å². The van der Waals surface area contributed by atoms with Gasteiger partial charge in [-0.15, -0.1) is 0 Å². The SMILES string of the molecule is CCN1CCN([C@@H]2CCN(C(=O)c3ccc(C(C)(C)C)cc3)C2)CC1. The van der Waals surface area contributed by atoms with E-state index in [4.69, 9.17) is 0 Å². The van der Waals surface area contributed by atoms with Crippen LogP contribution in [0.15, 0.2) is 24.3 Å². The molecule has 2 aliphatic heterocycles. The maximum absolute atomic E-state index is 12.8. The van der Waals surface area contributed by atoms with Crippen LogP contribution < -0.4 is 0 Å². The fraction of sp³-hybridized carbons (Fsp3) is 0.667. The van der Waals surface area contributed by atoms with Crippen LogP contribution in [0.2, 0.25) is 0 Å². The van der Waals surface area contributed by atoms with Gasteiger partial charge in [0.15, 0.2) is 0 Å². The summed E-state index contributed by atoms with van der Waals surface area (Å²) in [7, 11) is 0. The lowest BCUT2D eigenvalue weighted by Gasteiger charge is -2.37. The third kappa shape index (κ3) is 4.24. The standard InChI is InChI=1S/C21H33N3O/c1-5-22-12-14-23(15-13-22)19-10-11-24(16-19)20(25)17-6-8-18(9-7-17)21(2,3)4/h6-9,19H,5,10-16H2,1-4H3/t19-/m1/s1. The molecule has 1 aromatic carbocycles. The van der Waals surface area contributed by atoms with Gasteiger partial charge in [-0.3, -0.25) is 9.69 Å². The van der Waals surface area contributed by atoms with Crippen LogP contribution in [0.4, 0.5) is 0 Å². The largest absolute Gasteiger partial charge is 0.337 e. The quantitative estimate of drug-likeness (QED) is 0.844. The van der Waals surface area contributed by atoms with Crippen molar-refractivity contribution >= 4 is 5.91 Å². The molecular weight excluding hydrogens is 310 g/mol. The van der Waals surface area contributed by atoms with Crippen LogP contribution in [0.3, 0.4) is 0 Å². The molecule has 0 bridgehead atoms. The van der Waals surface area contributed by atoms with E-state index in [0.717, 1.165) is 57.8 Å². The second kappa shape index (κ2) is 7.46. The van der Waals surface area contributed by atoms with Gasteiger partial charge in [-0.1, -0.05) is 39.8 Å². The third-order valence-electron chi connectivity index (χ3n) is 5.82. The number of rotatable bonds is 3. The van der Waals surface area contributed by atoms with Crippen molar-refractivity contribution in [2.24, 2.45) is 0 Å². The number of likely N-dealkylation sites (tertiary alicyclic amines) is 1. The van der Waals surface area contributed by atoms with E-state index in [2.05, 4.69) is 49.6 Å². The molecule has 0 radical (unpaired) electrons. The molecule has 2 fully saturated rings. The Morgan fingerprint density at radius 3 is 2.24 bits per heavy atom. The zero-order valence-electron chi connectivity index (χ0n) is 16.3. The Kier molecular flexibility index (Phi) is 5.49. The summed E-state index contributed by atoms with van der Waals surface area (Å²) in [5, 5.41) is 0. The van der Waals surface area contributed by atoms with Gasteiger partial charge in [-0.2, -0.15) is 0 Å². The lowest BCUT2D eigenvalue weighted by molar-refractivity contribution is 0.0745. The van der Waals surface area contributed by atoms with Crippen molar-refractivity contribution in [1.82, 2.24) is 14.7 Å². The lowest BCUT2D eigenvalue weighted by atomic mass is 9.86. The minimum atomic E-state index is 0.126. The fourth-order valence-electron chi connectivity index (χ4n) is 3.96. The van der Waals surface area contributed by atoms with E-state index in [1.54, 1.807) is 0 Å². The van der Waals surface area contributed by atoms with Gasteiger partial charge in [-0.25, -0.2) is 0 Å². The van der Waals surface area contributed by atoms with E-state index >= 15 is 0 Å². The highest BCUT2D eigenvalue weighted by Crippen LogP contribution is 2.24. The molecule has 2 heterocycles. The van der Waals surface area contributed by atoms with Crippen molar-refractivity contribution in [2.75, 3.05) is 45.8 Å². The lowest BCUT2D eigenvalue weighted by Crippen LogP contribution is -2.51. The number of hydrogen-bond donors (Lipinski definition) is 0. The molecule has 4 heteroatoms. The number of nitrogens with zero attached hydrogens (tertiary/aromatic N) is 3. The summed E-state index contributed by atoms with van der Waals surface area (Å²) < 4.78 is 0. The highest BCUT2D eigenvalue weighted by atomic mass is 16.2. The monoisotopic (exact) mass is 343 g/mol. The number of carbonyl (C=O) groups excluding carboxylic acids is 1. The van der Waals surface area contributed by atoms with E-state index in [9.17, 15) is 4.79 Å². The molecule has 0 saturated carbocycles. The second-order valence-electron chi connectivity index (χ2n) is 8.49. The molecule has 1 atom stereocenters. The first-order valence-electron chi connectivity index (χ1n) is 9.74. The molecule has 0 aliphatic carbocycles. The van der Waals surface area contributed by atoms with Gasteiger partial charge >= 0.3 is 0 Å². The van der Waals surface area contributed by atoms with E-state index in [1.807, 2.05) is 17.0 Å². The number of benzene rings is 1. The molecule has 1 aromatic rings. The van der Waals surface area contributed by atoms with Crippen LogP contribution in [0.1, 0.15) is 50.0 Å². The zero-order valence-corrected chi connectivity index (χ0v) is 16.3. The highest BCUT2D eigenvalue weighted by Gasteiger charge is 2.32. The van der Waals surface area contributed by atoms with Gasteiger partial charge in [-0.05, 0) is 36.1 Å². The fourth-order valence-corrected chi connectivity index (χ4v) is 3.96. The molecule has 2 saturated heterocycles. The number of carbonyl (C=O) groups is 1. The predicted octanol–water partition coefficient (Wildman–Crippen LogP) is 2.84. The third-order valence-corrected chi connectivity index (χ3v) is 5.82. The van der Waals surface area contributed by atoms with E-state index in [-0.39, 0.29) is 11.3 Å². The summed E-state index contributed by atoms with van der Waals surface area (Å²) in [6.45, 7) is 16.4. The number of hydrogen-bond acceptors (Lipinski definition) is 3. The highest BCUT2D eigenvalue weighted by molar-refractivity contribution is 5.94. The van der Waals surface area contributed by atoms with Gasteiger partial charge in [0, 0.05) is 50.9 Å². The van der Waals surface area contributed by atoms with Crippen molar-refractivity contribution < 1.29 is 4.79 Å². The maximum atomic E-state index is 12.8. The number of amides is 1. The van der Waals surface area contributed by atoms with Crippen molar-refractivity contribution in [3.8, 4) is 0 Å². The van der Waals surface area contributed by atoms with Gasteiger partial charge in [0.2, 0.25) is 0 Å². The van der Waals surface area contributed by atoms with Crippen molar-refractivity contribution in [2.45, 2.75) is 45.6 Å². The van der Waals surface area contributed by atoms with Gasteiger partial charge in [0.1, 0.15) is 0 Å². The second-order valence-corrected chi connectivity index (χ2v) is 8.49. The molecule has 0 aromatic heterocycles. The minimum Gasteiger partial charge on any atom is -0.337 e. The summed E-state index contributed by atoms with van der Waals surface area (Å²) in [6, 6.07) is 8.74. The zero-order chi connectivity index (χ0) is 18.0. The summed E-state index contributed by atoms with van der Waals surface area (Å²) in [4.78, 5) is 20.0. The normalized spacial score (nSPS) is 23.2. The Balaban J connectivity index is 1.57. The van der Waals surface area contributed by atoms with Crippen molar-refractivity contribution in [1.29, 1.82) is 0 Å². The smallest absolute Gasteiger partial charge is 0.253 e. The van der Waals surface area contributed by atoms with Crippen molar-refractivity contribution in [3.05, 3.63) is 35.4 Å². The predicted molar refractivity (Wildman–Crippen MR) is 103 cm³/mol. The van der Waals surface area contributed by atoms with Crippen LogP contribution in [-0.4, -0.2) is 72.5 Å². The van der Waals surface area contributed by atoms with Crippen LogP contribution in [0.25, 0.3) is 0 Å². The molecule has 0 N–H and O–H groups in total. The van der Waals surface area contributed by atoms with E-state index < -0.39 is 0 Å². The maximum Gasteiger partial charge on any atom is 0.253 e. The molecule has 25 heavy (non-hydrogen) atoms. The molecular formula is C21H33N3O.